The van der Waals surface area contributed by atoms with Gasteiger partial charge in [-0.15, -0.1) is 0 Å². The van der Waals surface area contributed by atoms with Gasteiger partial charge in [-0.1, -0.05) is 0 Å². The van der Waals surface area contributed by atoms with Gasteiger partial charge >= 0.3 is 0 Å². The Morgan fingerprint density at radius 3 is 2.47 bits per heavy atom. The van der Waals surface area contributed by atoms with Crippen molar-refractivity contribution in [3.05, 3.63) is 24.3 Å². The van der Waals surface area contributed by atoms with E-state index in [2.05, 4.69) is 17.3 Å². The number of rotatable bonds is 3. The zero-order chi connectivity index (χ0) is 12.5. The zero-order valence-corrected chi connectivity index (χ0v) is 10.6. The fourth-order valence-corrected chi connectivity index (χ4v) is 2.54. The van der Waals surface area contributed by atoms with E-state index in [1.54, 1.807) is 12.1 Å². The summed E-state index contributed by atoms with van der Waals surface area (Å²) in [5.74, 6) is 0. The molecule has 1 fully saturated rings. The molecule has 0 radical (unpaired) electrons. The molecule has 6 heteroatoms. The van der Waals surface area contributed by atoms with Gasteiger partial charge in [0.15, 0.2) is 0 Å². The minimum absolute atomic E-state index is 0.145. The Kier molecular flexibility index (Phi) is 3.37. The molecule has 1 aliphatic rings. The highest BCUT2D eigenvalue weighted by Gasteiger charge is 2.18. The number of hydrogen-bond donors (Lipinski definition) is 2. The van der Waals surface area contributed by atoms with Crippen molar-refractivity contribution in [3.8, 4) is 0 Å². The van der Waals surface area contributed by atoms with Crippen molar-refractivity contribution >= 4 is 15.7 Å². The second-order valence-electron chi connectivity index (χ2n) is 4.46. The van der Waals surface area contributed by atoms with Crippen LogP contribution in [-0.2, 0) is 10.0 Å². The van der Waals surface area contributed by atoms with E-state index >= 15 is 0 Å². The Hall–Kier alpha value is -1.11. The Morgan fingerprint density at radius 2 is 2.00 bits per heavy atom. The predicted octanol–water partition coefficient (Wildman–Crippen LogP) is 0.450. The molecule has 1 aromatic carbocycles. The van der Waals surface area contributed by atoms with Gasteiger partial charge in [-0.05, 0) is 44.3 Å². The van der Waals surface area contributed by atoms with E-state index in [1.807, 2.05) is 0 Å². The van der Waals surface area contributed by atoms with Gasteiger partial charge in [0.2, 0.25) is 10.0 Å². The third-order valence-electron chi connectivity index (χ3n) is 2.94. The van der Waals surface area contributed by atoms with Crippen LogP contribution in [0.25, 0.3) is 0 Å². The van der Waals surface area contributed by atoms with Gasteiger partial charge in [-0.2, -0.15) is 0 Å². The maximum absolute atomic E-state index is 11.1. The number of likely N-dealkylation sites (N-methyl/N-ethyl adjacent to an activating group) is 1. The number of nitrogens with one attached hydrogen (secondary N) is 1. The number of anilines is 1. The lowest BCUT2D eigenvalue weighted by Gasteiger charge is -2.14. The van der Waals surface area contributed by atoms with Crippen molar-refractivity contribution < 1.29 is 8.42 Å². The second kappa shape index (κ2) is 4.64. The summed E-state index contributed by atoms with van der Waals surface area (Å²) in [7, 11) is -1.50. The molecule has 0 amide bonds. The number of nitrogens with zero attached hydrogens (tertiary/aromatic N) is 1. The molecule has 1 unspecified atom stereocenters. The first-order chi connectivity index (χ1) is 7.95. The van der Waals surface area contributed by atoms with Crippen molar-refractivity contribution in [1.82, 2.24) is 4.90 Å². The summed E-state index contributed by atoms with van der Waals surface area (Å²) < 4.78 is 22.2. The SMILES string of the molecule is CN1CCC(Nc2ccc(S(N)(=O)=O)cc2)C1. The first-order valence-corrected chi connectivity index (χ1v) is 7.08. The van der Waals surface area contributed by atoms with Gasteiger partial charge in [0, 0.05) is 18.3 Å². The quantitative estimate of drug-likeness (QED) is 0.822. The summed E-state index contributed by atoms with van der Waals surface area (Å²) in [6, 6.07) is 6.98. The molecular weight excluding hydrogens is 238 g/mol. The van der Waals surface area contributed by atoms with Crippen LogP contribution in [0.5, 0.6) is 0 Å². The molecule has 1 atom stereocenters. The topological polar surface area (TPSA) is 75.4 Å². The molecule has 5 nitrogen and oxygen atoms in total. The normalized spacial score (nSPS) is 21.6. The van der Waals surface area contributed by atoms with E-state index in [4.69, 9.17) is 5.14 Å². The number of sulfonamides is 1. The number of likely N-dealkylation sites (tertiary alicyclic amines) is 1. The monoisotopic (exact) mass is 255 g/mol. The van der Waals surface area contributed by atoms with E-state index < -0.39 is 10.0 Å². The average Bonchev–Trinajstić information content (AvgIpc) is 2.63. The molecule has 3 N–H and O–H groups in total. The summed E-state index contributed by atoms with van der Waals surface area (Å²) in [6.45, 7) is 2.10. The van der Waals surface area contributed by atoms with Crippen LogP contribution in [-0.4, -0.2) is 39.5 Å². The fraction of sp³-hybridized carbons (Fsp3) is 0.455. The molecule has 1 aliphatic heterocycles. The van der Waals surface area contributed by atoms with E-state index in [0.717, 1.165) is 25.2 Å². The summed E-state index contributed by atoms with van der Waals surface area (Å²) >= 11 is 0. The largest absolute Gasteiger partial charge is 0.381 e. The molecular formula is C11H17N3O2S. The van der Waals surface area contributed by atoms with Crippen LogP contribution < -0.4 is 10.5 Å². The Labute approximate surface area is 102 Å². The van der Waals surface area contributed by atoms with E-state index in [1.165, 1.54) is 12.1 Å². The van der Waals surface area contributed by atoms with Crippen LogP contribution in [0.1, 0.15) is 6.42 Å². The van der Waals surface area contributed by atoms with Crippen LogP contribution in [0.3, 0.4) is 0 Å². The minimum atomic E-state index is -3.59. The Morgan fingerprint density at radius 1 is 1.35 bits per heavy atom. The van der Waals surface area contributed by atoms with Crippen molar-refractivity contribution in [2.24, 2.45) is 5.14 Å². The summed E-state index contributed by atoms with van der Waals surface area (Å²) in [5.41, 5.74) is 0.928. The lowest BCUT2D eigenvalue weighted by molar-refractivity contribution is 0.414. The number of primary sulfonamides is 1. The molecule has 0 saturated carbocycles. The van der Waals surface area contributed by atoms with Crippen LogP contribution in [0.2, 0.25) is 0 Å². The Bertz CT molecular complexity index is 484. The van der Waals surface area contributed by atoms with Crippen LogP contribution in [0.15, 0.2) is 29.2 Å². The second-order valence-corrected chi connectivity index (χ2v) is 6.02. The van der Waals surface area contributed by atoms with Crippen LogP contribution in [0.4, 0.5) is 5.69 Å². The predicted molar refractivity (Wildman–Crippen MR) is 67.3 cm³/mol. The van der Waals surface area contributed by atoms with Gasteiger partial charge in [-0.25, -0.2) is 13.6 Å². The summed E-state index contributed by atoms with van der Waals surface area (Å²) in [5, 5.41) is 8.41. The highest BCUT2D eigenvalue weighted by atomic mass is 32.2. The maximum atomic E-state index is 11.1. The molecule has 0 aliphatic carbocycles. The van der Waals surface area contributed by atoms with E-state index in [0.29, 0.717) is 6.04 Å². The first-order valence-electron chi connectivity index (χ1n) is 5.53. The lowest BCUT2D eigenvalue weighted by Crippen LogP contribution is -2.23. The van der Waals surface area contributed by atoms with Crippen molar-refractivity contribution in [2.75, 3.05) is 25.5 Å². The molecule has 1 saturated heterocycles. The van der Waals surface area contributed by atoms with Gasteiger partial charge in [0.05, 0.1) is 4.90 Å². The Balaban J connectivity index is 2.04. The minimum Gasteiger partial charge on any atom is -0.381 e. The first kappa shape index (κ1) is 12.3. The van der Waals surface area contributed by atoms with Crippen molar-refractivity contribution in [2.45, 2.75) is 17.4 Å². The standard InChI is InChI=1S/C11H17N3O2S/c1-14-7-6-10(8-14)13-9-2-4-11(5-3-9)17(12,15)16/h2-5,10,13H,6-8H2,1H3,(H2,12,15,16). The summed E-state index contributed by atoms with van der Waals surface area (Å²) in [4.78, 5) is 2.41. The molecule has 1 aromatic rings. The highest BCUT2D eigenvalue weighted by molar-refractivity contribution is 7.89. The van der Waals surface area contributed by atoms with E-state index in [-0.39, 0.29) is 4.90 Å². The van der Waals surface area contributed by atoms with Crippen LogP contribution >= 0.6 is 0 Å². The lowest BCUT2D eigenvalue weighted by atomic mass is 10.2. The third kappa shape index (κ3) is 3.18. The molecule has 0 bridgehead atoms. The third-order valence-corrected chi connectivity index (χ3v) is 3.87. The van der Waals surface area contributed by atoms with Crippen molar-refractivity contribution in [1.29, 1.82) is 0 Å². The molecule has 17 heavy (non-hydrogen) atoms. The number of nitrogens with two attached hydrogens (primary N) is 1. The molecule has 0 spiro atoms. The average molecular weight is 255 g/mol. The number of hydrogen-bond acceptors (Lipinski definition) is 4. The maximum Gasteiger partial charge on any atom is 0.238 e. The fourth-order valence-electron chi connectivity index (χ4n) is 2.03. The molecule has 94 valence electrons. The number of benzene rings is 1. The van der Waals surface area contributed by atoms with Gasteiger partial charge in [-0.3, -0.25) is 0 Å². The highest BCUT2D eigenvalue weighted by Crippen LogP contribution is 2.16. The smallest absolute Gasteiger partial charge is 0.238 e. The van der Waals surface area contributed by atoms with Gasteiger partial charge < -0.3 is 10.2 Å². The van der Waals surface area contributed by atoms with E-state index in [9.17, 15) is 8.42 Å². The molecule has 1 heterocycles. The molecule has 2 rings (SSSR count). The molecule has 0 aromatic heterocycles. The van der Waals surface area contributed by atoms with Gasteiger partial charge in [0.1, 0.15) is 0 Å². The van der Waals surface area contributed by atoms with Crippen molar-refractivity contribution in [3.63, 3.8) is 0 Å². The van der Waals surface area contributed by atoms with Crippen LogP contribution in [0, 0.1) is 0 Å². The summed E-state index contributed by atoms with van der Waals surface area (Å²) in [6.07, 6.45) is 1.10. The van der Waals surface area contributed by atoms with Gasteiger partial charge in [0.25, 0.3) is 0 Å². The zero-order valence-electron chi connectivity index (χ0n) is 9.76.